The van der Waals surface area contributed by atoms with E-state index in [1.165, 1.54) is 19.1 Å². The summed E-state index contributed by atoms with van der Waals surface area (Å²) in [5.74, 6) is 0.169. The number of aromatic nitrogens is 1. The number of ketones is 1. The van der Waals surface area contributed by atoms with Crippen LogP contribution in [-0.2, 0) is 9.59 Å². The summed E-state index contributed by atoms with van der Waals surface area (Å²) >= 11 is 0. The quantitative estimate of drug-likeness (QED) is 0.288. The van der Waals surface area contributed by atoms with Gasteiger partial charge in [-0.2, -0.15) is 0 Å². The molecule has 9 heteroatoms. The molecule has 1 N–H and O–H groups in total. The van der Waals surface area contributed by atoms with Crippen molar-refractivity contribution in [3.8, 4) is 17.2 Å². The van der Waals surface area contributed by atoms with Gasteiger partial charge in [0, 0.05) is 11.6 Å². The van der Waals surface area contributed by atoms with Gasteiger partial charge in [0.05, 0.1) is 32.4 Å². The first kappa shape index (κ1) is 23.9. The minimum Gasteiger partial charge on any atom is -0.507 e. The highest BCUT2D eigenvalue weighted by Crippen LogP contribution is 2.44. The number of methoxy groups -OCH3 is 2. The number of anilines is 1. The molecule has 1 aromatic heterocycles. The van der Waals surface area contributed by atoms with Crippen LogP contribution in [0.3, 0.4) is 0 Å². The highest BCUT2D eigenvalue weighted by molar-refractivity contribution is 6.51. The Hall–Kier alpha value is -4.27. The lowest BCUT2D eigenvalue weighted by molar-refractivity contribution is -0.132. The lowest BCUT2D eigenvalue weighted by atomic mass is 9.95. The summed E-state index contributed by atoms with van der Waals surface area (Å²) < 4.78 is 21.5. The summed E-state index contributed by atoms with van der Waals surface area (Å²) in [6.45, 7) is 4.25. The standard InChI is InChI=1S/C26H26N2O7/c1-5-12-34-18-9-6-16(7-10-18)24(29)22-23(17-8-11-19(32-3)20(14-17)33-4)28(26(31)25(22)30)21-13-15(2)35-27-21/h6-11,13-14,23,29H,5,12H2,1-4H3. The van der Waals surface area contributed by atoms with Crippen molar-refractivity contribution in [1.29, 1.82) is 0 Å². The smallest absolute Gasteiger partial charge is 0.301 e. The third-order valence-corrected chi connectivity index (χ3v) is 5.63. The fourth-order valence-electron chi connectivity index (χ4n) is 3.96. The van der Waals surface area contributed by atoms with Crippen LogP contribution < -0.4 is 19.1 Å². The van der Waals surface area contributed by atoms with Crippen LogP contribution in [0.5, 0.6) is 17.2 Å². The van der Waals surface area contributed by atoms with Gasteiger partial charge in [0.25, 0.3) is 5.78 Å². The molecule has 1 unspecified atom stereocenters. The number of rotatable bonds is 8. The molecular weight excluding hydrogens is 452 g/mol. The van der Waals surface area contributed by atoms with Crippen LogP contribution in [0.4, 0.5) is 5.82 Å². The Kier molecular flexibility index (Phi) is 6.77. The lowest BCUT2D eigenvalue weighted by Crippen LogP contribution is -2.29. The van der Waals surface area contributed by atoms with E-state index in [1.54, 1.807) is 55.5 Å². The molecule has 0 bridgehead atoms. The van der Waals surface area contributed by atoms with Crippen molar-refractivity contribution in [3.63, 3.8) is 0 Å². The highest BCUT2D eigenvalue weighted by atomic mass is 16.5. The van der Waals surface area contributed by atoms with Crippen molar-refractivity contribution in [3.05, 3.63) is 71.0 Å². The predicted molar refractivity (Wildman–Crippen MR) is 128 cm³/mol. The maximum Gasteiger partial charge on any atom is 0.301 e. The second kappa shape index (κ2) is 9.92. The zero-order chi connectivity index (χ0) is 25.1. The van der Waals surface area contributed by atoms with E-state index in [9.17, 15) is 14.7 Å². The molecular formula is C26H26N2O7. The first-order chi connectivity index (χ1) is 16.9. The predicted octanol–water partition coefficient (Wildman–Crippen LogP) is 4.42. The first-order valence-corrected chi connectivity index (χ1v) is 11.1. The molecule has 1 atom stereocenters. The van der Waals surface area contributed by atoms with Gasteiger partial charge >= 0.3 is 5.91 Å². The van der Waals surface area contributed by atoms with Crippen molar-refractivity contribution in [2.24, 2.45) is 0 Å². The van der Waals surface area contributed by atoms with E-state index in [2.05, 4.69) is 5.16 Å². The van der Waals surface area contributed by atoms with E-state index in [0.717, 1.165) is 6.42 Å². The SMILES string of the molecule is CCCOc1ccc(C(O)=C2C(=O)C(=O)N(c3cc(C)on3)C2c2ccc(OC)c(OC)c2)cc1. The first-order valence-electron chi connectivity index (χ1n) is 11.1. The van der Waals surface area contributed by atoms with Gasteiger partial charge < -0.3 is 23.8 Å². The summed E-state index contributed by atoms with van der Waals surface area (Å²) in [7, 11) is 3.00. The molecule has 1 amide bonds. The number of aliphatic hydroxyl groups is 1. The number of aliphatic hydroxyl groups excluding tert-OH is 1. The van der Waals surface area contributed by atoms with Gasteiger partial charge in [0.15, 0.2) is 17.3 Å². The molecule has 2 aromatic carbocycles. The number of hydrogen-bond donors (Lipinski definition) is 1. The molecule has 0 spiro atoms. The van der Waals surface area contributed by atoms with Crippen molar-refractivity contribution in [2.75, 3.05) is 25.7 Å². The minimum absolute atomic E-state index is 0.0786. The van der Waals surface area contributed by atoms with Crippen molar-refractivity contribution >= 4 is 23.3 Å². The number of hydrogen-bond acceptors (Lipinski definition) is 8. The Balaban J connectivity index is 1.87. The molecule has 0 radical (unpaired) electrons. The fraction of sp³-hybridized carbons (Fsp3) is 0.269. The number of carbonyl (C=O) groups is 2. The van der Waals surface area contributed by atoms with Gasteiger partial charge in [-0.05, 0) is 55.3 Å². The Bertz CT molecular complexity index is 1280. The van der Waals surface area contributed by atoms with Crippen LogP contribution in [0.15, 0.2) is 58.6 Å². The molecule has 1 aliphatic rings. The van der Waals surface area contributed by atoms with Crippen molar-refractivity contribution < 1.29 is 33.4 Å². The van der Waals surface area contributed by atoms with E-state index in [-0.39, 0.29) is 17.2 Å². The monoisotopic (exact) mass is 478 g/mol. The van der Waals surface area contributed by atoms with E-state index in [4.69, 9.17) is 18.7 Å². The number of carbonyl (C=O) groups excluding carboxylic acids is 2. The molecule has 4 rings (SSSR count). The van der Waals surface area contributed by atoms with Gasteiger partial charge in [-0.3, -0.25) is 14.5 Å². The summed E-state index contributed by atoms with van der Waals surface area (Å²) in [5.41, 5.74) is 0.811. The minimum atomic E-state index is -0.977. The maximum atomic E-state index is 13.2. The Morgan fingerprint density at radius 3 is 2.37 bits per heavy atom. The van der Waals surface area contributed by atoms with E-state index in [0.29, 0.717) is 40.7 Å². The summed E-state index contributed by atoms with van der Waals surface area (Å²) in [4.78, 5) is 27.6. The van der Waals surface area contributed by atoms with Crippen LogP contribution in [0.25, 0.3) is 5.76 Å². The summed E-state index contributed by atoms with van der Waals surface area (Å²) in [5, 5.41) is 15.2. The largest absolute Gasteiger partial charge is 0.507 e. The van der Waals surface area contributed by atoms with Crippen LogP contribution in [0.1, 0.15) is 36.3 Å². The molecule has 182 valence electrons. The highest BCUT2D eigenvalue weighted by Gasteiger charge is 2.48. The number of ether oxygens (including phenoxy) is 3. The molecule has 3 aromatic rings. The van der Waals surface area contributed by atoms with E-state index < -0.39 is 17.7 Å². The number of amides is 1. The number of Topliss-reactive ketones (excluding diaryl/α,β-unsaturated/α-hetero) is 1. The second-order valence-corrected chi connectivity index (χ2v) is 7.95. The summed E-state index contributed by atoms with van der Waals surface area (Å²) in [6, 6.07) is 12.3. The number of aryl methyl sites for hydroxylation is 1. The Morgan fingerprint density at radius 2 is 1.77 bits per heavy atom. The van der Waals surface area contributed by atoms with Gasteiger partial charge in [-0.1, -0.05) is 18.1 Å². The molecule has 2 heterocycles. The molecule has 0 aliphatic carbocycles. The van der Waals surface area contributed by atoms with E-state index in [1.807, 2.05) is 6.92 Å². The Morgan fingerprint density at radius 1 is 1.06 bits per heavy atom. The van der Waals surface area contributed by atoms with Crippen molar-refractivity contribution in [2.45, 2.75) is 26.3 Å². The molecule has 1 saturated heterocycles. The zero-order valence-corrected chi connectivity index (χ0v) is 19.9. The molecule has 9 nitrogen and oxygen atoms in total. The molecule has 0 saturated carbocycles. The molecule has 35 heavy (non-hydrogen) atoms. The van der Waals surface area contributed by atoms with Gasteiger partial charge in [0.1, 0.15) is 17.3 Å². The van der Waals surface area contributed by atoms with Gasteiger partial charge in [0.2, 0.25) is 0 Å². The zero-order valence-electron chi connectivity index (χ0n) is 19.9. The normalized spacial score (nSPS) is 17.0. The fourth-order valence-corrected chi connectivity index (χ4v) is 3.96. The maximum absolute atomic E-state index is 13.2. The average Bonchev–Trinajstić information content (AvgIpc) is 3.42. The molecule has 1 fully saturated rings. The average molecular weight is 479 g/mol. The van der Waals surface area contributed by atoms with Crippen molar-refractivity contribution in [1.82, 2.24) is 5.16 Å². The molecule has 1 aliphatic heterocycles. The van der Waals surface area contributed by atoms with E-state index >= 15 is 0 Å². The van der Waals surface area contributed by atoms with Crippen LogP contribution in [0, 0.1) is 6.92 Å². The summed E-state index contributed by atoms with van der Waals surface area (Å²) in [6.07, 6.45) is 0.859. The third kappa shape index (κ3) is 4.44. The second-order valence-electron chi connectivity index (χ2n) is 7.95. The number of nitrogens with zero attached hydrogens (tertiary/aromatic N) is 2. The lowest BCUT2D eigenvalue weighted by Gasteiger charge is -2.23. The van der Waals surface area contributed by atoms with Gasteiger partial charge in [-0.15, -0.1) is 0 Å². The topological polar surface area (TPSA) is 111 Å². The Labute approximate surface area is 202 Å². The van der Waals surface area contributed by atoms with Crippen LogP contribution in [0.2, 0.25) is 0 Å². The van der Waals surface area contributed by atoms with Gasteiger partial charge in [-0.25, -0.2) is 0 Å². The number of benzene rings is 2. The van der Waals surface area contributed by atoms with Crippen LogP contribution >= 0.6 is 0 Å². The third-order valence-electron chi connectivity index (χ3n) is 5.63. The van der Waals surface area contributed by atoms with Crippen LogP contribution in [-0.4, -0.2) is 42.8 Å².